The lowest BCUT2D eigenvalue weighted by atomic mass is 9.91. The molecule has 1 aromatic heterocycles. The van der Waals surface area contributed by atoms with Crippen LogP contribution >= 0.6 is 11.6 Å². The van der Waals surface area contributed by atoms with Crippen LogP contribution in [0, 0.1) is 5.82 Å². The quantitative estimate of drug-likeness (QED) is 0.609. The van der Waals surface area contributed by atoms with Gasteiger partial charge >= 0.3 is 6.09 Å². The Balaban J connectivity index is 1.19. The average Bonchev–Trinajstić information content (AvgIpc) is 3.25. The van der Waals surface area contributed by atoms with E-state index < -0.39 is 17.5 Å². The summed E-state index contributed by atoms with van der Waals surface area (Å²) in [5.41, 5.74) is 0.353. The first-order valence-electron chi connectivity index (χ1n) is 10.9. The summed E-state index contributed by atoms with van der Waals surface area (Å²) in [5.74, 6) is -0.747. The third-order valence-electron chi connectivity index (χ3n) is 6.01. The molecule has 2 heterocycles. The minimum absolute atomic E-state index is 0.0226. The molecule has 0 spiro atoms. The summed E-state index contributed by atoms with van der Waals surface area (Å²) in [7, 11) is 0. The van der Waals surface area contributed by atoms with Gasteiger partial charge in [-0.25, -0.2) is 14.3 Å². The average molecular weight is 478 g/mol. The van der Waals surface area contributed by atoms with Crippen LogP contribution in [0.3, 0.4) is 0 Å². The number of halogens is 2. The number of amides is 2. The monoisotopic (exact) mass is 477 g/mol. The maximum absolute atomic E-state index is 13.3. The van der Waals surface area contributed by atoms with Crippen LogP contribution in [0.1, 0.15) is 42.5 Å². The Morgan fingerprint density at radius 2 is 1.88 bits per heavy atom. The predicted molar refractivity (Wildman–Crippen MR) is 120 cm³/mol. The van der Waals surface area contributed by atoms with Crippen molar-refractivity contribution < 1.29 is 18.7 Å². The highest BCUT2D eigenvalue weighted by Gasteiger charge is 2.29. The van der Waals surface area contributed by atoms with Gasteiger partial charge in [0.25, 0.3) is 11.5 Å². The van der Waals surface area contributed by atoms with Crippen molar-refractivity contribution >= 4 is 29.3 Å². The van der Waals surface area contributed by atoms with Crippen molar-refractivity contribution in [1.29, 1.82) is 0 Å². The van der Waals surface area contributed by atoms with Crippen molar-refractivity contribution in [2.24, 2.45) is 0 Å². The van der Waals surface area contributed by atoms with Gasteiger partial charge in [-0.3, -0.25) is 9.59 Å². The lowest BCUT2D eigenvalue weighted by molar-refractivity contribution is 0.0908. The smallest absolute Gasteiger partial charge is 0.407 e. The molecule has 1 aromatic carbocycles. The summed E-state index contributed by atoms with van der Waals surface area (Å²) in [4.78, 5) is 38.1. The molecular formula is C22H25ClFN5O4. The minimum Gasteiger partial charge on any atom is -0.444 e. The molecule has 176 valence electrons. The lowest BCUT2D eigenvalue weighted by Crippen LogP contribution is -2.44. The number of ether oxygens (including phenoxy) is 1. The van der Waals surface area contributed by atoms with Gasteiger partial charge in [-0.2, -0.15) is 5.10 Å². The fourth-order valence-corrected chi connectivity index (χ4v) is 4.48. The van der Waals surface area contributed by atoms with Crippen LogP contribution in [-0.2, 0) is 4.74 Å². The van der Waals surface area contributed by atoms with Gasteiger partial charge in [0.1, 0.15) is 16.9 Å². The summed E-state index contributed by atoms with van der Waals surface area (Å²) >= 11 is 6.05. The van der Waals surface area contributed by atoms with E-state index in [1.54, 1.807) is 6.07 Å². The maximum Gasteiger partial charge on any atom is 0.407 e. The fraction of sp³-hybridized carbons (Fsp3) is 0.455. The fourth-order valence-electron chi connectivity index (χ4n) is 4.27. The molecule has 0 bridgehead atoms. The number of anilines is 1. The largest absolute Gasteiger partial charge is 0.444 e. The highest BCUT2D eigenvalue weighted by atomic mass is 35.5. The standard InChI is InChI=1S/C22H25ClFN5O4/c23-19-18(11-25-28-21(19)31)29-9-8-17(12-29)33-22(32)27-16-6-4-15(5-7-16)26-20(30)13-2-1-3-14(24)10-13/h1-3,10-11,15-17H,4-9,12H2,(H,26,30)(H,27,32)(H,28,31)/t15-,16-,17-/m1/s1. The normalized spacial score (nSPS) is 22.6. The van der Waals surface area contributed by atoms with E-state index in [0.29, 0.717) is 56.4 Å². The topological polar surface area (TPSA) is 116 Å². The van der Waals surface area contributed by atoms with Gasteiger partial charge in [0.05, 0.1) is 18.4 Å². The van der Waals surface area contributed by atoms with Crippen LogP contribution in [-0.4, -0.2) is 53.5 Å². The number of hydrogen-bond donors (Lipinski definition) is 3. The molecule has 2 fully saturated rings. The number of hydrogen-bond acceptors (Lipinski definition) is 6. The van der Waals surface area contributed by atoms with Crippen LogP contribution in [0.4, 0.5) is 14.9 Å². The zero-order valence-electron chi connectivity index (χ0n) is 17.9. The molecular weight excluding hydrogens is 453 g/mol. The number of H-pyrrole nitrogens is 1. The van der Waals surface area contributed by atoms with Gasteiger partial charge in [0.2, 0.25) is 0 Å². The molecule has 0 radical (unpaired) electrons. The highest BCUT2D eigenvalue weighted by molar-refractivity contribution is 6.33. The molecule has 2 aliphatic rings. The number of nitrogens with one attached hydrogen (secondary N) is 3. The summed E-state index contributed by atoms with van der Waals surface area (Å²) in [6.45, 7) is 1.02. The van der Waals surface area contributed by atoms with Crippen LogP contribution < -0.4 is 21.1 Å². The van der Waals surface area contributed by atoms with E-state index in [2.05, 4.69) is 20.8 Å². The number of aromatic nitrogens is 2. The molecule has 2 amide bonds. The number of carbonyl (C=O) groups is 2. The maximum atomic E-state index is 13.3. The molecule has 1 aliphatic heterocycles. The van der Waals surface area contributed by atoms with E-state index in [1.807, 2.05) is 4.90 Å². The number of benzene rings is 1. The zero-order chi connectivity index (χ0) is 23.4. The van der Waals surface area contributed by atoms with E-state index in [4.69, 9.17) is 16.3 Å². The van der Waals surface area contributed by atoms with E-state index in [0.717, 1.165) is 0 Å². The second-order valence-electron chi connectivity index (χ2n) is 8.34. The number of carbonyl (C=O) groups excluding carboxylic acids is 2. The molecule has 1 saturated heterocycles. The van der Waals surface area contributed by atoms with Crippen molar-refractivity contribution in [3.8, 4) is 0 Å². The Bertz CT molecular complexity index is 1070. The van der Waals surface area contributed by atoms with Gasteiger partial charge in [-0.05, 0) is 43.9 Å². The molecule has 4 rings (SSSR count). The van der Waals surface area contributed by atoms with Crippen LogP contribution in [0.2, 0.25) is 5.02 Å². The number of nitrogens with zero attached hydrogens (tertiary/aromatic N) is 2. The lowest BCUT2D eigenvalue weighted by Gasteiger charge is -2.29. The van der Waals surface area contributed by atoms with E-state index >= 15 is 0 Å². The molecule has 9 nitrogen and oxygen atoms in total. The molecule has 0 unspecified atom stereocenters. The van der Waals surface area contributed by atoms with Gasteiger partial charge in [-0.1, -0.05) is 17.7 Å². The van der Waals surface area contributed by atoms with Gasteiger partial charge in [-0.15, -0.1) is 0 Å². The summed E-state index contributed by atoms with van der Waals surface area (Å²) in [6.07, 6.45) is 4.12. The summed E-state index contributed by atoms with van der Waals surface area (Å²) < 4.78 is 18.9. The molecule has 33 heavy (non-hydrogen) atoms. The Labute approximate surface area is 194 Å². The first kappa shape index (κ1) is 23.0. The predicted octanol–water partition coefficient (Wildman–Crippen LogP) is 2.61. The van der Waals surface area contributed by atoms with Gasteiger partial charge in [0, 0.05) is 30.6 Å². The van der Waals surface area contributed by atoms with Gasteiger partial charge in [0.15, 0.2) is 0 Å². The van der Waals surface area contributed by atoms with Crippen molar-refractivity contribution in [3.05, 3.63) is 57.2 Å². The second kappa shape index (κ2) is 10.2. The third-order valence-corrected chi connectivity index (χ3v) is 6.37. The first-order chi connectivity index (χ1) is 15.9. The van der Waals surface area contributed by atoms with E-state index in [9.17, 15) is 18.8 Å². The highest BCUT2D eigenvalue weighted by Crippen LogP contribution is 2.26. The molecule has 3 N–H and O–H groups in total. The number of rotatable bonds is 5. The number of aromatic amines is 1. The zero-order valence-corrected chi connectivity index (χ0v) is 18.6. The van der Waals surface area contributed by atoms with Crippen LogP contribution in [0.5, 0.6) is 0 Å². The van der Waals surface area contributed by atoms with Gasteiger partial charge < -0.3 is 20.3 Å². The third kappa shape index (κ3) is 5.81. The minimum atomic E-state index is -0.482. The molecule has 2 aromatic rings. The van der Waals surface area contributed by atoms with Crippen LogP contribution in [0.15, 0.2) is 35.3 Å². The molecule has 1 saturated carbocycles. The summed E-state index contributed by atoms with van der Waals surface area (Å²) in [6, 6.07) is 5.53. The first-order valence-corrected chi connectivity index (χ1v) is 11.3. The van der Waals surface area contributed by atoms with Crippen molar-refractivity contribution in [2.45, 2.75) is 50.3 Å². The second-order valence-corrected chi connectivity index (χ2v) is 8.72. The van der Waals surface area contributed by atoms with Crippen LogP contribution in [0.25, 0.3) is 0 Å². The van der Waals surface area contributed by atoms with E-state index in [-0.39, 0.29) is 29.1 Å². The number of alkyl carbamates (subject to hydrolysis) is 1. The Morgan fingerprint density at radius 1 is 1.15 bits per heavy atom. The van der Waals surface area contributed by atoms with Crippen molar-refractivity contribution in [1.82, 2.24) is 20.8 Å². The SMILES string of the molecule is O=C(N[C@H]1CC[C@H](NC(=O)c2cccc(F)c2)CC1)O[C@@H]1CCN(c2cn[nH]c(=O)c2Cl)C1. The molecule has 1 atom stereocenters. The summed E-state index contributed by atoms with van der Waals surface area (Å²) in [5, 5.41) is 11.9. The Hall–Kier alpha value is -3.14. The van der Waals surface area contributed by atoms with Crippen molar-refractivity contribution in [2.75, 3.05) is 18.0 Å². The van der Waals surface area contributed by atoms with Crippen molar-refractivity contribution in [3.63, 3.8) is 0 Å². The Kier molecular flexibility index (Phi) is 7.12. The molecule has 1 aliphatic carbocycles. The Morgan fingerprint density at radius 3 is 2.61 bits per heavy atom. The molecule has 11 heteroatoms. The van der Waals surface area contributed by atoms with E-state index in [1.165, 1.54) is 24.4 Å².